The van der Waals surface area contributed by atoms with Gasteiger partial charge in [-0.1, -0.05) is 24.3 Å². The zero-order valence-electron chi connectivity index (χ0n) is 23.6. The van der Waals surface area contributed by atoms with Crippen LogP contribution in [-0.4, -0.2) is 36.1 Å². The lowest BCUT2D eigenvalue weighted by Crippen LogP contribution is -2.02. The summed E-state index contributed by atoms with van der Waals surface area (Å²) >= 11 is 0. The van der Waals surface area contributed by atoms with Crippen LogP contribution in [0.25, 0.3) is 23.4 Å². The molecule has 11 nitrogen and oxygen atoms in total. The highest BCUT2D eigenvalue weighted by Crippen LogP contribution is 2.48. The third-order valence-corrected chi connectivity index (χ3v) is 7.80. The molecule has 0 spiro atoms. The number of rotatable bonds is 13. The lowest BCUT2D eigenvalue weighted by Gasteiger charge is -2.12. The van der Waals surface area contributed by atoms with E-state index in [-0.39, 0.29) is 13.2 Å². The molecule has 12 heteroatoms. The predicted molar refractivity (Wildman–Crippen MR) is 155 cm³/mol. The SMILES string of the molecule is COc1cc(COc2nn(-c3ccccc3)cc2C=CP(=O)(OC)OC)ccc1OCc1nc(-c2ccco2)oc1C. The molecule has 5 rings (SSSR count). The highest BCUT2D eigenvalue weighted by molar-refractivity contribution is 7.57. The number of furan rings is 1. The second kappa shape index (κ2) is 12.9. The monoisotopic (exact) mass is 591 g/mol. The van der Waals surface area contributed by atoms with Crippen molar-refractivity contribution in [1.82, 2.24) is 14.8 Å². The number of ether oxygens (including phenoxy) is 3. The Morgan fingerprint density at radius 2 is 1.76 bits per heavy atom. The van der Waals surface area contributed by atoms with Crippen LogP contribution >= 0.6 is 7.60 Å². The summed E-state index contributed by atoms with van der Waals surface area (Å²) in [5.41, 5.74) is 2.90. The number of benzene rings is 2. The number of hydrogen-bond donors (Lipinski definition) is 0. The second-order valence-corrected chi connectivity index (χ2v) is 11.1. The smallest absolute Gasteiger partial charge is 0.353 e. The summed E-state index contributed by atoms with van der Waals surface area (Å²) in [5, 5.41) is 4.59. The van der Waals surface area contributed by atoms with Gasteiger partial charge < -0.3 is 32.1 Å². The Labute approximate surface area is 242 Å². The van der Waals surface area contributed by atoms with E-state index in [2.05, 4.69) is 10.1 Å². The molecule has 0 bridgehead atoms. The van der Waals surface area contributed by atoms with Crippen LogP contribution in [0.15, 0.2) is 87.8 Å². The van der Waals surface area contributed by atoms with Crippen molar-refractivity contribution in [3.63, 3.8) is 0 Å². The van der Waals surface area contributed by atoms with E-state index in [9.17, 15) is 4.57 Å². The van der Waals surface area contributed by atoms with Gasteiger partial charge in [-0.05, 0) is 55.0 Å². The van der Waals surface area contributed by atoms with Crippen molar-refractivity contribution in [1.29, 1.82) is 0 Å². The molecular weight excluding hydrogens is 561 g/mol. The molecule has 0 saturated heterocycles. The topological polar surface area (TPSA) is 120 Å². The molecule has 0 unspecified atom stereocenters. The van der Waals surface area contributed by atoms with Crippen molar-refractivity contribution in [2.75, 3.05) is 21.3 Å². The van der Waals surface area contributed by atoms with Crippen molar-refractivity contribution in [3.8, 4) is 34.7 Å². The highest BCUT2D eigenvalue weighted by Gasteiger charge is 2.18. The molecule has 5 aromatic rings. The fourth-order valence-corrected chi connectivity index (χ4v) is 4.70. The van der Waals surface area contributed by atoms with Gasteiger partial charge in [0.2, 0.25) is 5.88 Å². The first kappa shape index (κ1) is 28.9. The van der Waals surface area contributed by atoms with Gasteiger partial charge in [-0.3, -0.25) is 4.57 Å². The lowest BCUT2D eigenvalue weighted by atomic mass is 10.2. The average molecular weight is 592 g/mol. The zero-order valence-corrected chi connectivity index (χ0v) is 24.4. The van der Waals surface area contributed by atoms with Gasteiger partial charge in [-0.2, -0.15) is 0 Å². The summed E-state index contributed by atoms with van der Waals surface area (Å²) in [6, 6.07) is 18.6. The van der Waals surface area contributed by atoms with Crippen LogP contribution in [0.5, 0.6) is 17.4 Å². The van der Waals surface area contributed by atoms with Gasteiger partial charge in [0.25, 0.3) is 5.89 Å². The molecule has 0 aliphatic rings. The predicted octanol–water partition coefficient (Wildman–Crippen LogP) is 7.05. The van der Waals surface area contributed by atoms with Crippen LogP contribution in [-0.2, 0) is 26.8 Å². The lowest BCUT2D eigenvalue weighted by molar-refractivity contribution is 0.275. The molecule has 0 atom stereocenters. The van der Waals surface area contributed by atoms with E-state index >= 15 is 0 Å². The first-order valence-electron chi connectivity index (χ1n) is 12.9. The van der Waals surface area contributed by atoms with E-state index in [0.29, 0.717) is 46.0 Å². The van der Waals surface area contributed by atoms with E-state index < -0.39 is 7.60 Å². The molecule has 42 heavy (non-hydrogen) atoms. The number of hydrogen-bond acceptors (Lipinski definition) is 10. The fourth-order valence-electron chi connectivity index (χ4n) is 3.97. The quantitative estimate of drug-likeness (QED) is 0.132. The zero-order chi connectivity index (χ0) is 29.5. The van der Waals surface area contributed by atoms with Gasteiger partial charge in [-0.25, -0.2) is 9.67 Å². The standard InChI is InChI=1S/C30H30N3O8P/c1-21-25(31-30(41-21)27-11-8-15-38-27)20-39-26-13-12-22(17-28(26)35-2)19-40-29-23(14-16-42(34,36-3)37-4)18-33(32-29)24-9-6-5-7-10-24/h5-18H,19-20H2,1-4H3. The second-order valence-electron chi connectivity index (χ2n) is 8.95. The maximum Gasteiger partial charge on any atom is 0.353 e. The number of oxazole rings is 1. The van der Waals surface area contributed by atoms with Crippen LogP contribution in [0.4, 0.5) is 0 Å². The third-order valence-electron chi connectivity index (χ3n) is 6.27. The van der Waals surface area contributed by atoms with E-state index in [1.165, 1.54) is 20.0 Å². The minimum atomic E-state index is -3.38. The molecule has 3 heterocycles. The molecule has 2 aromatic carbocycles. The van der Waals surface area contributed by atoms with Crippen molar-refractivity contribution < 1.29 is 36.7 Å². The number of aryl methyl sites for hydroxylation is 1. The summed E-state index contributed by atoms with van der Waals surface area (Å²) in [4.78, 5) is 4.48. The Bertz CT molecular complexity index is 1680. The summed E-state index contributed by atoms with van der Waals surface area (Å²) in [6.45, 7) is 2.19. The van der Waals surface area contributed by atoms with Gasteiger partial charge >= 0.3 is 7.60 Å². The van der Waals surface area contributed by atoms with E-state index in [0.717, 1.165) is 11.3 Å². The molecule has 0 amide bonds. The van der Waals surface area contributed by atoms with Crippen LogP contribution in [0.1, 0.15) is 22.6 Å². The molecule has 0 aliphatic heterocycles. The first-order chi connectivity index (χ1) is 20.4. The Morgan fingerprint density at radius 1 is 0.952 bits per heavy atom. The molecule has 0 aliphatic carbocycles. The van der Waals surface area contributed by atoms with Gasteiger partial charge in [0.15, 0.2) is 17.3 Å². The molecule has 0 radical (unpaired) electrons. The molecular formula is C30H30N3O8P. The average Bonchev–Trinajstić information content (AvgIpc) is 3.79. The summed E-state index contributed by atoms with van der Waals surface area (Å²) < 4.78 is 53.0. The van der Waals surface area contributed by atoms with E-state index in [4.69, 9.17) is 32.1 Å². The maximum absolute atomic E-state index is 12.6. The van der Waals surface area contributed by atoms with Crippen LogP contribution in [0, 0.1) is 6.92 Å². The summed E-state index contributed by atoms with van der Waals surface area (Å²) in [5.74, 6) is 4.35. The summed E-state index contributed by atoms with van der Waals surface area (Å²) in [7, 11) is 0.832. The maximum atomic E-state index is 12.6. The molecule has 218 valence electrons. The largest absolute Gasteiger partial charge is 0.493 e. The Balaban J connectivity index is 1.31. The highest BCUT2D eigenvalue weighted by atomic mass is 31.2. The van der Waals surface area contributed by atoms with Crippen LogP contribution < -0.4 is 14.2 Å². The fraction of sp³-hybridized carbons (Fsp3) is 0.200. The van der Waals surface area contributed by atoms with Crippen molar-refractivity contribution in [2.24, 2.45) is 0 Å². The van der Waals surface area contributed by atoms with Crippen molar-refractivity contribution >= 4 is 13.7 Å². The van der Waals surface area contributed by atoms with Crippen LogP contribution in [0.2, 0.25) is 0 Å². The van der Waals surface area contributed by atoms with E-state index in [1.54, 1.807) is 48.5 Å². The number of aromatic nitrogens is 3. The van der Waals surface area contributed by atoms with Gasteiger partial charge in [0, 0.05) is 26.2 Å². The third kappa shape index (κ3) is 6.66. The van der Waals surface area contributed by atoms with Gasteiger partial charge in [0.05, 0.1) is 24.6 Å². The first-order valence-corrected chi connectivity index (χ1v) is 14.5. The molecule has 3 aromatic heterocycles. The van der Waals surface area contributed by atoms with Gasteiger partial charge in [-0.15, -0.1) is 5.10 Å². The molecule has 0 N–H and O–H groups in total. The van der Waals surface area contributed by atoms with Crippen molar-refractivity contribution in [3.05, 3.63) is 102 Å². The van der Waals surface area contributed by atoms with Gasteiger partial charge in [0.1, 0.15) is 24.7 Å². The Kier molecular flexibility index (Phi) is 8.92. The minimum absolute atomic E-state index is 0.182. The molecule has 0 fully saturated rings. The molecule has 0 saturated carbocycles. The van der Waals surface area contributed by atoms with Crippen LogP contribution in [0.3, 0.4) is 0 Å². The minimum Gasteiger partial charge on any atom is -0.493 e. The number of para-hydroxylation sites is 1. The number of nitrogens with zero attached hydrogens (tertiary/aromatic N) is 3. The van der Waals surface area contributed by atoms with E-state index in [1.807, 2.05) is 49.4 Å². The Morgan fingerprint density at radius 3 is 2.48 bits per heavy atom. The number of methoxy groups -OCH3 is 1. The normalized spacial score (nSPS) is 11.7. The van der Waals surface area contributed by atoms with Crippen molar-refractivity contribution in [2.45, 2.75) is 20.1 Å². The summed E-state index contributed by atoms with van der Waals surface area (Å²) in [6.07, 6.45) is 4.95. The Hall–Kier alpha value is -4.57.